The first kappa shape index (κ1) is 18.9. The van der Waals surface area contributed by atoms with Crippen LogP contribution < -0.4 is 20.7 Å². The highest BCUT2D eigenvalue weighted by Gasteiger charge is 2.13. The van der Waals surface area contributed by atoms with Gasteiger partial charge in [0.05, 0.1) is 24.9 Å². The number of carbonyl (C=O) groups is 3. The molecule has 8 heteroatoms. The fourth-order valence-electron chi connectivity index (χ4n) is 2.18. The topological polar surface area (TPSA) is 96.5 Å². The average Bonchev–Trinajstić information content (AvgIpc) is 2.60. The summed E-state index contributed by atoms with van der Waals surface area (Å²) in [7, 11) is 1.43. The molecule has 3 N–H and O–H groups in total. The minimum absolute atomic E-state index is 0.148. The van der Waals surface area contributed by atoms with E-state index in [2.05, 4.69) is 16.0 Å². The fraction of sp³-hybridized carbons (Fsp3) is 0.167. The number of halogens is 1. The Morgan fingerprint density at radius 3 is 2.46 bits per heavy atom. The number of rotatable bonds is 6. The fourth-order valence-corrected chi connectivity index (χ4v) is 2.18. The number of methoxy groups -OCH3 is 1. The van der Waals surface area contributed by atoms with Gasteiger partial charge in [0, 0.05) is 12.6 Å². The Kier molecular flexibility index (Phi) is 6.26. The summed E-state index contributed by atoms with van der Waals surface area (Å²) in [6, 6.07) is 10.2. The standard InChI is InChI=1S/C18H18FN3O4/c1-11(23)21-12-7-8-16(26-2)15(9-12)22-17(24)10-20-18(25)13-5-3-4-6-14(13)19/h3-9H,10H2,1-2H3,(H,20,25)(H,21,23)(H,22,24). The van der Waals surface area contributed by atoms with Crippen LogP contribution in [0, 0.1) is 5.82 Å². The van der Waals surface area contributed by atoms with Gasteiger partial charge in [-0.05, 0) is 30.3 Å². The van der Waals surface area contributed by atoms with Crippen molar-refractivity contribution in [3.05, 3.63) is 53.8 Å². The minimum Gasteiger partial charge on any atom is -0.495 e. The van der Waals surface area contributed by atoms with Crippen molar-refractivity contribution < 1.29 is 23.5 Å². The van der Waals surface area contributed by atoms with Crippen LogP contribution in [0.3, 0.4) is 0 Å². The normalized spacial score (nSPS) is 9.96. The first-order valence-corrected chi connectivity index (χ1v) is 7.69. The van der Waals surface area contributed by atoms with Gasteiger partial charge in [0.15, 0.2) is 0 Å². The monoisotopic (exact) mass is 359 g/mol. The van der Waals surface area contributed by atoms with Gasteiger partial charge in [-0.1, -0.05) is 12.1 Å². The van der Waals surface area contributed by atoms with E-state index in [1.165, 1.54) is 38.3 Å². The molecule has 0 heterocycles. The number of ether oxygens (including phenoxy) is 1. The summed E-state index contributed by atoms with van der Waals surface area (Å²) >= 11 is 0. The van der Waals surface area contributed by atoms with Crippen molar-refractivity contribution in [2.75, 3.05) is 24.3 Å². The third-order valence-corrected chi connectivity index (χ3v) is 3.32. The van der Waals surface area contributed by atoms with Gasteiger partial charge >= 0.3 is 0 Å². The number of hydrogen-bond acceptors (Lipinski definition) is 4. The number of hydrogen-bond donors (Lipinski definition) is 3. The van der Waals surface area contributed by atoms with Gasteiger partial charge < -0.3 is 20.7 Å². The Bertz CT molecular complexity index is 839. The van der Waals surface area contributed by atoms with Crippen molar-refractivity contribution in [3.63, 3.8) is 0 Å². The van der Waals surface area contributed by atoms with E-state index in [0.717, 1.165) is 6.07 Å². The van der Waals surface area contributed by atoms with Gasteiger partial charge in [-0.3, -0.25) is 14.4 Å². The van der Waals surface area contributed by atoms with Crippen molar-refractivity contribution in [2.24, 2.45) is 0 Å². The number of benzene rings is 2. The lowest BCUT2D eigenvalue weighted by atomic mass is 10.2. The van der Waals surface area contributed by atoms with E-state index in [1.807, 2.05) is 0 Å². The maximum absolute atomic E-state index is 13.5. The maximum atomic E-state index is 13.5. The van der Waals surface area contributed by atoms with Crippen LogP contribution in [0.4, 0.5) is 15.8 Å². The molecule has 3 amide bonds. The second kappa shape index (κ2) is 8.61. The van der Waals surface area contributed by atoms with E-state index in [4.69, 9.17) is 4.74 Å². The number of amides is 3. The smallest absolute Gasteiger partial charge is 0.254 e. The Balaban J connectivity index is 2.02. The predicted molar refractivity (Wildman–Crippen MR) is 94.7 cm³/mol. The average molecular weight is 359 g/mol. The van der Waals surface area contributed by atoms with Crippen molar-refractivity contribution in [1.29, 1.82) is 0 Å². The summed E-state index contributed by atoms with van der Waals surface area (Å²) in [5, 5.41) is 7.51. The molecule has 26 heavy (non-hydrogen) atoms. The molecule has 0 bridgehead atoms. The molecule has 0 saturated carbocycles. The third kappa shape index (κ3) is 5.04. The van der Waals surface area contributed by atoms with E-state index in [1.54, 1.807) is 12.1 Å². The zero-order chi connectivity index (χ0) is 19.1. The number of nitrogens with one attached hydrogen (secondary N) is 3. The Morgan fingerprint density at radius 2 is 1.81 bits per heavy atom. The second-order valence-corrected chi connectivity index (χ2v) is 5.31. The van der Waals surface area contributed by atoms with Crippen molar-refractivity contribution in [1.82, 2.24) is 5.32 Å². The third-order valence-electron chi connectivity index (χ3n) is 3.32. The molecular weight excluding hydrogens is 341 g/mol. The van der Waals surface area contributed by atoms with Crippen LogP contribution in [0.2, 0.25) is 0 Å². The molecule has 0 aliphatic rings. The molecule has 0 unspecified atom stereocenters. The maximum Gasteiger partial charge on any atom is 0.254 e. The highest BCUT2D eigenvalue weighted by Crippen LogP contribution is 2.27. The summed E-state index contributed by atoms with van der Waals surface area (Å²) in [5.41, 5.74) is 0.651. The second-order valence-electron chi connectivity index (χ2n) is 5.31. The summed E-state index contributed by atoms with van der Waals surface area (Å²) in [6.07, 6.45) is 0. The number of carbonyl (C=O) groups excluding carboxylic acids is 3. The Morgan fingerprint density at radius 1 is 1.08 bits per heavy atom. The van der Waals surface area contributed by atoms with Crippen LogP contribution >= 0.6 is 0 Å². The van der Waals surface area contributed by atoms with Crippen LogP contribution in [-0.4, -0.2) is 31.4 Å². The van der Waals surface area contributed by atoms with E-state index in [0.29, 0.717) is 17.1 Å². The summed E-state index contributed by atoms with van der Waals surface area (Å²) < 4.78 is 18.7. The van der Waals surface area contributed by atoms with Crippen LogP contribution in [-0.2, 0) is 9.59 Å². The molecule has 136 valence electrons. The van der Waals surface area contributed by atoms with Crippen molar-refractivity contribution in [3.8, 4) is 5.75 Å². The lowest BCUT2D eigenvalue weighted by Gasteiger charge is -2.13. The van der Waals surface area contributed by atoms with Gasteiger partial charge in [0.1, 0.15) is 11.6 Å². The first-order chi connectivity index (χ1) is 12.4. The Hall–Kier alpha value is -3.42. The highest BCUT2D eigenvalue weighted by molar-refractivity contribution is 6.00. The lowest BCUT2D eigenvalue weighted by molar-refractivity contribution is -0.115. The molecular formula is C18H18FN3O4. The van der Waals surface area contributed by atoms with Gasteiger partial charge in [-0.15, -0.1) is 0 Å². The SMILES string of the molecule is COc1ccc(NC(C)=O)cc1NC(=O)CNC(=O)c1ccccc1F. The van der Waals surface area contributed by atoms with Gasteiger partial charge in [0.2, 0.25) is 11.8 Å². The van der Waals surface area contributed by atoms with Crippen molar-refractivity contribution in [2.45, 2.75) is 6.92 Å². The predicted octanol–water partition coefficient (Wildman–Crippen LogP) is 2.16. The zero-order valence-electron chi connectivity index (χ0n) is 14.3. The van der Waals surface area contributed by atoms with E-state index >= 15 is 0 Å². The molecule has 0 aliphatic carbocycles. The van der Waals surface area contributed by atoms with Crippen LogP contribution in [0.15, 0.2) is 42.5 Å². The van der Waals surface area contributed by atoms with E-state index < -0.39 is 17.6 Å². The molecule has 0 spiro atoms. The van der Waals surface area contributed by atoms with Crippen LogP contribution in [0.5, 0.6) is 5.75 Å². The first-order valence-electron chi connectivity index (χ1n) is 7.69. The van der Waals surface area contributed by atoms with Crippen LogP contribution in [0.25, 0.3) is 0 Å². The summed E-state index contributed by atoms with van der Waals surface area (Å²) in [6.45, 7) is 1.00. The molecule has 0 aromatic heterocycles. The molecule has 2 aromatic rings. The quantitative estimate of drug-likeness (QED) is 0.736. The molecule has 7 nitrogen and oxygen atoms in total. The summed E-state index contributed by atoms with van der Waals surface area (Å²) in [4.78, 5) is 35.1. The van der Waals surface area contributed by atoms with Crippen LogP contribution in [0.1, 0.15) is 17.3 Å². The highest BCUT2D eigenvalue weighted by atomic mass is 19.1. The molecule has 0 aliphatic heterocycles. The molecule has 0 atom stereocenters. The summed E-state index contributed by atoms with van der Waals surface area (Å²) in [5.74, 6) is -1.78. The molecule has 0 radical (unpaired) electrons. The van der Waals surface area contributed by atoms with Gasteiger partial charge in [0.25, 0.3) is 5.91 Å². The van der Waals surface area contributed by atoms with E-state index in [9.17, 15) is 18.8 Å². The van der Waals surface area contributed by atoms with Crippen molar-refractivity contribution >= 4 is 29.1 Å². The zero-order valence-corrected chi connectivity index (χ0v) is 14.3. The van der Waals surface area contributed by atoms with E-state index in [-0.39, 0.29) is 18.0 Å². The molecule has 2 rings (SSSR count). The van der Waals surface area contributed by atoms with Gasteiger partial charge in [-0.25, -0.2) is 4.39 Å². The largest absolute Gasteiger partial charge is 0.495 e. The Labute approximate surface area is 149 Å². The molecule has 2 aromatic carbocycles. The number of anilines is 2. The van der Waals surface area contributed by atoms with Gasteiger partial charge in [-0.2, -0.15) is 0 Å². The molecule has 0 saturated heterocycles. The lowest BCUT2D eigenvalue weighted by Crippen LogP contribution is -2.33. The minimum atomic E-state index is -0.697. The molecule has 0 fully saturated rings.